The Labute approximate surface area is 120 Å². The van der Waals surface area contributed by atoms with Crippen LogP contribution < -0.4 is 5.32 Å². The van der Waals surface area contributed by atoms with E-state index in [4.69, 9.17) is 5.26 Å². The van der Waals surface area contributed by atoms with Crippen LogP contribution in [0.2, 0.25) is 0 Å². The van der Waals surface area contributed by atoms with Crippen LogP contribution >= 0.6 is 0 Å². The minimum absolute atomic E-state index is 0.0358. The van der Waals surface area contributed by atoms with Crippen LogP contribution in [0.1, 0.15) is 18.4 Å². The van der Waals surface area contributed by atoms with Gasteiger partial charge in [-0.3, -0.25) is 4.79 Å². The van der Waals surface area contributed by atoms with Gasteiger partial charge in [0, 0.05) is 12.0 Å². The van der Waals surface area contributed by atoms with Gasteiger partial charge >= 0.3 is 5.97 Å². The molecule has 1 aromatic rings. The van der Waals surface area contributed by atoms with E-state index in [0.717, 1.165) is 19.2 Å². The normalized spacial score (nSPS) is 11.3. The average molecular weight is 296 g/mol. The fraction of sp³-hybridized carbons (Fsp3) is 0.357. The van der Waals surface area contributed by atoms with Crippen LogP contribution in [0, 0.1) is 23.0 Å². The van der Waals surface area contributed by atoms with Crippen LogP contribution in [0.15, 0.2) is 18.2 Å². The minimum Gasteiger partial charge on any atom is -0.467 e. The summed E-state index contributed by atoms with van der Waals surface area (Å²) in [5.74, 6) is -3.12. The van der Waals surface area contributed by atoms with Crippen LogP contribution in [0.5, 0.6) is 0 Å². The van der Waals surface area contributed by atoms with E-state index in [9.17, 15) is 18.4 Å². The van der Waals surface area contributed by atoms with Gasteiger partial charge in [0.1, 0.15) is 17.7 Å². The highest BCUT2D eigenvalue weighted by atomic mass is 19.1. The van der Waals surface area contributed by atoms with Crippen molar-refractivity contribution in [3.8, 4) is 6.07 Å². The van der Waals surface area contributed by atoms with E-state index in [0.29, 0.717) is 0 Å². The number of hydrogen-bond acceptors (Lipinski definition) is 4. The van der Waals surface area contributed by atoms with Gasteiger partial charge in [0.25, 0.3) is 0 Å². The van der Waals surface area contributed by atoms with Gasteiger partial charge in [-0.25, -0.2) is 13.6 Å². The Hall–Kier alpha value is -2.49. The maximum Gasteiger partial charge on any atom is 0.328 e. The molecule has 0 fully saturated rings. The standard InChI is InChI=1S/C14H14F2N2O3/c1-21-14(20)12(6-3-7-17)18-13(19)8-9-10(15)4-2-5-11(9)16/h2,4-5,12H,3,6,8H2,1H3,(H,18,19)/t12-/m1/s1. The number of amides is 1. The fourth-order valence-electron chi connectivity index (χ4n) is 1.71. The molecule has 1 amide bonds. The Morgan fingerprint density at radius 2 is 2.00 bits per heavy atom. The second-order valence-electron chi connectivity index (χ2n) is 4.22. The zero-order valence-corrected chi connectivity index (χ0v) is 11.4. The molecule has 0 aliphatic rings. The number of nitrogens with one attached hydrogen (secondary N) is 1. The second kappa shape index (κ2) is 7.94. The molecule has 0 aliphatic heterocycles. The Morgan fingerprint density at radius 3 is 2.52 bits per heavy atom. The van der Waals surface area contributed by atoms with E-state index in [2.05, 4.69) is 10.1 Å². The minimum atomic E-state index is -1.02. The van der Waals surface area contributed by atoms with E-state index in [1.165, 1.54) is 6.07 Å². The second-order valence-corrected chi connectivity index (χ2v) is 4.22. The molecule has 1 rings (SSSR count). The number of carbonyl (C=O) groups excluding carboxylic acids is 2. The maximum atomic E-state index is 13.4. The van der Waals surface area contributed by atoms with Crippen LogP contribution in [0.25, 0.3) is 0 Å². The van der Waals surface area contributed by atoms with Crippen LogP contribution in [0.4, 0.5) is 8.78 Å². The van der Waals surface area contributed by atoms with Crippen LogP contribution in [-0.2, 0) is 20.7 Å². The van der Waals surface area contributed by atoms with Gasteiger partial charge < -0.3 is 10.1 Å². The molecule has 0 radical (unpaired) electrons. The van der Waals surface area contributed by atoms with E-state index < -0.39 is 36.0 Å². The lowest BCUT2D eigenvalue weighted by atomic mass is 10.1. The molecule has 1 aromatic carbocycles. The van der Waals surface area contributed by atoms with Gasteiger partial charge in [-0.1, -0.05) is 6.07 Å². The molecule has 112 valence electrons. The molecule has 5 nitrogen and oxygen atoms in total. The highest BCUT2D eigenvalue weighted by molar-refractivity contribution is 5.85. The number of methoxy groups -OCH3 is 1. The van der Waals surface area contributed by atoms with Gasteiger partial charge in [-0.05, 0) is 18.6 Å². The van der Waals surface area contributed by atoms with Crippen molar-refractivity contribution in [1.82, 2.24) is 5.32 Å². The summed E-state index contributed by atoms with van der Waals surface area (Å²) in [7, 11) is 1.14. The molecule has 0 aromatic heterocycles. The molecule has 7 heteroatoms. The number of benzene rings is 1. The van der Waals surface area contributed by atoms with Crippen molar-refractivity contribution >= 4 is 11.9 Å². The molecule has 0 heterocycles. The third kappa shape index (κ3) is 4.84. The van der Waals surface area contributed by atoms with Crippen LogP contribution in [-0.4, -0.2) is 25.0 Å². The highest BCUT2D eigenvalue weighted by Gasteiger charge is 2.22. The smallest absolute Gasteiger partial charge is 0.328 e. The summed E-state index contributed by atoms with van der Waals surface area (Å²) in [6.07, 6.45) is -0.443. The number of hydrogen-bond donors (Lipinski definition) is 1. The van der Waals surface area contributed by atoms with Gasteiger partial charge in [0.05, 0.1) is 19.6 Å². The summed E-state index contributed by atoms with van der Waals surface area (Å²) >= 11 is 0. The Morgan fingerprint density at radius 1 is 1.38 bits per heavy atom. The summed E-state index contributed by atoms with van der Waals surface area (Å²) < 4.78 is 31.3. The van der Waals surface area contributed by atoms with Crippen molar-refractivity contribution in [3.63, 3.8) is 0 Å². The molecule has 1 atom stereocenters. The van der Waals surface area contributed by atoms with Gasteiger partial charge in [-0.2, -0.15) is 5.26 Å². The number of halogens is 2. The summed E-state index contributed by atoms with van der Waals surface area (Å²) in [5, 5.41) is 10.8. The number of rotatable bonds is 6. The van der Waals surface area contributed by atoms with E-state index >= 15 is 0 Å². The number of esters is 1. The van der Waals surface area contributed by atoms with E-state index in [1.54, 1.807) is 0 Å². The summed E-state index contributed by atoms with van der Waals surface area (Å²) in [6.45, 7) is 0. The molecule has 0 bridgehead atoms. The zero-order chi connectivity index (χ0) is 15.8. The maximum absolute atomic E-state index is 13.4. The predicted molar refractivity (Wildman–Crippen MR) is 68.9 cm³/mol. The Kier molecular flexibility index (Phi) is 6.27. The number of carbonyl (C=O) groups is 2. The van der Waals surface area contributed by atoms with Crippen molar-refractivity contribution < 1.29 is 23.1 Å². The lowest BCUT2D eigenvalue weighted by Gasteiger charge is -2.15. The Bertz CT molecular complexity index is 550. The summed E-state index contributed by atoms with van der Waals surface area (Å²) in [4.78, 5) is 23.2. The molecule has 0 spiro atoms. The van der Waals surface area contributed by atoms with Crippen molar-refractivity contribution in [2.45, 2.75) is 25.3 Å². The van der Waals surface area contributed by atoms with Gasteiger partial charge in [0.15, 0.2) is 0 Å². The third-order valence-corrected chi connectivity index (χ3v) is 2.76. The third-order valence-electron chi connectivity index (χ3n) is 2.76. The SMILES string of the molecule is COC(=O)[C@@H](CCC#N)NC(=O)Cc1c(F)cccc1F. The zero-order valence-electron chi connectivity index (χ0n) is 11.4. The molecule has 0 saturated heterocycles. The molecule has 1 N–H and O–H groups in total. The van der Waals surface area contributed by atoms with E-state index in [-0.39, 0.29) is 18.4 Å². The number of nitrogens with zero attached hydrogens (tertiary/aromatic N) is 1. The number of nitriles is 1. The first-order valence-corrected chi connectivity index (χ1v) is 6.16. The highest BCUT2D eigenvalue weighted by Crippen LogP contribution is 2.13. The van der Waals surface area contributed by atoms with E-state index in [1.807, 2.05) is 6.07 Å². The topological polar surface area (TPSA) is 79.2 Å². The quantitative estimate of drug-likeness (QED) is 0.806. The molecule has 0 saturated carbocycles. The molecule has 21 heavy (non-hydrogen) atoms. The number of ether oxygens (including phenoxy) is 1. The van der Waals surface area contributed by atoms with Crippen molar-refractivity contribution in [2.24, 2.45) is 0 Å². The average Bonchev–Trinajstić information content (AvgIpc) is 2.46. The summed E-state index contributed by atoms with van der Waals surface area (Å²) in [5.41, 5.74) is -0.376. The lowest BCUT2D eigenvalue weighted by molar-refractivity contribution is -0.145. The Balaban J connectivity index is 2.74. The van der Waals surface area contributed by atoms with Gasteiger partial charge in [0.2, 0.25) is 5.91 Å². The van der Waals surface area contributed by atoms with Gasteiger partial charge in [-0.15, -0.1) is 0 Å². The molecular formula is C14H14F2N2O3. The first kappa shape index (κ1) is 16.6. The lowest BCUT2D eigenvalue weighted by Crippen LogP contribution is -2.42. The summed E-state index contributed by atoms with van der Waals surface area (Å²) in [6, 6.07) is 4.09. The molecule has 0 aliphatic carbocycles. The first-order chi connectivity index (χ1) is 9.99. The fourth-order valence-corrected chi connectivity index (χ4v) is 1.71. The molecular weight excluding hydrogens is 282 g/mol. The molecule has 0 unspecified atom stereocenters. The van der Waals surface area contributed by atoms with Crippen molar-refractivity contribution in [3.05, 3.63) is 35.4 Å². The van der Waals surface area contributed by atoms with Crippen LogP contribution in [0.3, 0.4) is 0 Å². The monoisotopic (exact) mass is 296 g/mol. The van der Waals surface area contributed by atoms with Crippen molar-refractivity contribution in [2.75, 3.05) is 7.11 Å². The predicted octanol–water partition coefficient (Wildman–Crippen LogP) is 1.47. The largest absolute Gasteiger partial charge is 0.467 e. The first-order valence-electron chi connectivity index (χ1n) is 6.16. The van der Waals surface area contributed by atoms with Crippen molar-refractivity contribution in [1.29, 1.82) is 5.26 Å².